The highest BCUT2D eigenvalue weighted by atomic mass is 32.2. The summed E-state index contributed by atoms with van der Waals surface area (Å²) in [6, 6.07) is 1.60. The van der Waals surface area contributed by atoms with Crippen LogP contribution in [0.1, 0.15) is 0 Å². The van der Waals surface area contributed by atoms with Gasteiger partial charge in [-0.2, -0.15) is 0 Å². The third-order valence-electron chi connectivity index (χ3n) is 1.86. The molecular formula is C8H10O6S2. The third-order valence-corrected chi connectivity index (χ3v) is 4.06. The van der Waals surface area contributed by atoms with Gasteiger partial charge >= 0.3 is 0 Å². The number of phenolic OH excluding ortho intramolecular Hbond substituents is 2. The lowest BCUT2D eigenvalue weighted by Gasteiger charge is -2.07. The van der Waals surface area contributed by atoms with Gasteiger partial charge < -0.3 is 10.2 Å². The summed E-state index contributed by atoms with van der Waals surface area (Å²) in [6.07, 6.45) is 1.67. The Hall–Kier alpha value is -1.28. The highest BCUT2D eigenvalue weighted by molar-refractivity contribution is 7.91. The third kappa shape index (κ3) is 2.45. The number of hydrogen-bond acceptors (Lipinski definition) is 6. The van der Waals surface area contributed by atoms with Gasteiger partial charge in [0.05, 0.1) is 4.90 Å². The molecule has 90 valence electrons. The Balaban J connectivity index is 3.72. The molecule has 8 heteroatoms. The van der Waals surface area contributed by atoms with E-state index in [0.717, 1.165) is 24.6 Å². The molecule has 0 atom stereocenters. The molecule has 1 aromatic carbocycles. The quantitative estimate of drug-likeness (QED) is 0.724. The molecule has 0 heterocycles. The van der Waals surface area contributed by atoms with Crippen LogP contribution in [0, 0.1) is 0 Å². The van der Waals surface area contributed by atoms with Crippen molar-refractivity contribution in [2.24, 2.45) is 0 Å². The maximum absolute atomic E-state index is 11.2. The maximum atomic E-state index is 11.2. The number of rotatable bonds is 2. The fraction of sp³-hybridized carbons (Fsp3) is 0.250. The largest absolute Gasteiger partial charge is 0.504 e. The lowest BCUT2D eigenvalue weighted by molar-refractivity contribution is 0.391. The molecule has 0 bridgehead atoms. The van der Waals surface area contributed by atoms with E-state index in [2.05, 4.69) is 0 Å². The Kier molecular flexibility index (Phi) is 2.90. The molecule has 0 saturated heterocycles. The molecule has 1 rings (SSSR count). The molecule has 0 unspecified atom stereocenters. The van der Waals surface area contributed by atoms with Gasteiger partial charge in [0.15, 0.2) is 31.2 Å². The minimum Gasteiger partial charge on any atom is -0.504 e. The Bertz CT molecular complexity index is 627. The van der Waals surface area contributed by atoms with Crippen molar-refractivity contribution in [3.63, 3.8) is 0 Å². The van der Waals surface area contributed by atoms with Crippen molar-refractivity contribution in [2.45, 2.75) is 9.79 Å². The van der Waals surface area contributed by atoms with E-state index in [1.165, 1.54) is 0 Å². The lowest BCUT2D eigenvalue weighted by Crippen LogP contribution is -2.02. The average molecular weight is 266 g/mol. The summed E-state index contributed by atoms with van der Waals surface area (Å²) < 4.78 is 44.8. The Labute approximate surface area is 93.0 Å². The van der Waals surface area contributed by atoms with Gasteiger partial charge in [0, 0.05) is 18.6 Å². The number of sulfone groups is 2. The molecule has 0 saturated carbocycles. The van der Waals surface area contributed by atoms with Gasteiger partial charge in [-0.15, -0.1) is 0 Å². The lowest BCUT2D eigenvalue weighted by atomic mass is 10.3. The maximum Gasteiger partial charge on any atom is 0.179 e. The Morgan fingerprint density at radius 3 is 1.81 bits per heavy atom. The SMILES string of the molecule is CS(=O)(=O)c1cc(O)c(O)c(S(C)(=O)=O)c1. The highest BCUT2D eigenvalue weighted by Crippen LogP contribution is 2.34. The molecule has 0 aliphatic heterocycles. The average Bonchev–Trinajstić information content (AvgIpc) is 2.05. The summed E-state index contributed by atoms with van der Waals surface area (Å²) in [5.74, 6) is -1.64. The summed E-state index contributed by atoms with van der Waals surface area (Å²) in [7, 11) is -7.47. The molecule has 0 aliphatic rings. The predicted octanol–water partition coefficient (Wildman–Crippen LogP) is -0.0952. The van der Waals surface area contributed by atoms with Gasteiger partial charge in [0.1, 0.15) is 4.90 Å². The number of benzene rings is 1. The molecular weight excluding hydrogens is 256 g/mol. The first-order valence-electron chi connectivity index (χ1n) is 3.99. The minimum atomic E-state index is -3.81. The highest BCUT2D eigenvalue weighted by Gasteiger charge is 2.21. The summed E-state index contributed by atoms with van der Waals surface area (Å²) in [6.45, 7) is 0. The van der Waals surface area contributed by atoms with E-state index in [-0.39, 0.29) is 4.90 Å². The molecule has 6 nitrogen and oxygen atoms in total. The first-order chi connectivity index (χ1) is 7.03. The van der Waals surface area contributed by atoms with Crippen molar-refractivity contribution < 1.29 is 27.0 Å². The smallest absolute Gasteiger partial charge is 0.179 e. The van der Waals surface area contributed by atoms with Crippen molar-refractivity contribution in [2.75, 3.05) is 12.5 Å². The molecule has 2 N–H and O–H groups in total. The second-order valence-electron chi connectivity index (χ2n) is 3.33. The van der Waals surface area contributed by atoms with Gasteiger partial charge in [-0.1, -0.05) is 0 Å². The number of hydrogen-bond donors (Lipinski definition) is 2. The van der Waals surface area contributed by atoms with Gasteiger partial charge in [-0.3, -0.25) is 0 Å². The van der Waals surface area contributed by atoms with Crippen molar-refractivity contribution in [1.29, 1.82) is 0 Å². The first kappa shape index (κ1) is 12.8. The van der Waals surface area contributed by atoms with E-state index in [0.29, 0.717) is 0 Å². The zero-order valence-electron chi connectivity index (χ0n) is 8.50. The van der Waals surface area contributed by atoms with Crippen LogP contribution in [0.4, 0.5) is 0 Å². The standard InChI is InChI=1S/C8H10O6S2/c1-15(11,12)5-3-6(9)8(10)7(4-5)16(2,13)14/h3-4,9-10H,1-2H3. The summed E-state index contributed by atoms with van der Waals surface area (Å²) >= 11 is 0. The van der Waals surface area contributed by atoms with Crippen LogP contribution in [0.15, 0.2) is 21.9 Å². The van der Waals surface area contributed by atoms with E-state index in [1.807, 2.05) is 0 Å². The van der Waals surface area contributed by atoms with Crippen LogP contribution >= 0.6 is 0 Å². The van der Waals surface area contributed by atoms with Gasteiger partial charge in [-0.25, -0.2) is 16.8 Å². The van der Waals surface area contributed by atoms with Crippen molar-refractivity contribution in [3.05, 3.63) is 12.1 Å². The van der Waals surface area contributed by atoms with E-state index in [9.17, 15) is 27.0 Å². The first-order valence-corrected chi connectivity index (χ1v) is 7.78. The van der Waals surface area contributed by atoms with Gasteiger partial charge in [-0.05, 0) is 6.07 Å². The molecule has 0 aromatic heterocycles. The van der Waals surface area contributed by atoms with Crippen molar-refractivity contribution >= 4 is 19.7 Å². The molecule has 0 spiro atoms. The minimum absolute atomic E-state index is 0.372. The Morgan fingerprint density at radius 2 is 1.44 bits per heavy atom. The topological polar surface area (TPSA) is 109 Å². The fourth-order valence-corrected chi connectivity index (χ4v) is 2.59. The van der Waals surface area contributed by atoms with Crippen LogP contribution in [-0.4, -0.2) is 39.6 Å². The molecule has 16 heavy (non-hydrogen) atoms. The zero-order chi connectivity index (χ0) is 12.7. The van der Waals surface area contributed by atoms with Gasteiger partial charge in [0.25, 0.3) is 0 Å². The van der Waals surface area contributed by atoms with E-state index in [4.69, 9.17) is 0 Å². The van der Waals surface area contributed by atoms with Crippen molar-refractivity contribution in [3.8, 4) is 11.5 Å². The molecule has 0 amide bonds. The normalized spacial score (nSPS) is 12.6. The fourth-order valence-electron chi connectivity index (χ4n) is 1.07. The van der Waals surface area contributed by atoms with Gasteiger partial charge in [0.2, 0.25) is 0 Å². The summed E-state index contributed by atoms with van der Waals surface area (Å²) in [4.78, 5) is -0.990. The van der Waals surface area contributed by atoms with Crippen molar-refractivity contribution in [1.82, 2.24) is 0 Å². The predicted molar refractivity (Wildman–Crippen MR) is 56.0 cm³/mol. The molecule has 0 fully saturated rings. The number of aromatic hydroxyl groups is 2. The summed E-state index contributed by atoms with van der Waals surface area (Å²) in [5, 5.41) is 18.5. The second-order valence-corrected chi connectivity index (χ2v) is 7.33. The summed E-state index contributed by atoms with van der Waals surface area (Å²) in [5.41, 5.74) is 0. The molecule has 0 radical (unpaired) electrons. The van der Waals surface area contributed by atoms with E-state index >= 15 is 0 Å². The monoisotopic (exact) mass is 266 g/mol. The van der Waals surface area contributed by atoms with E-state index in [1.54, 1.807) is 0 Å². The van der Waals surface area contributed by atoms with Crippen LogP contribution in [0.3, 0.4) is 0 Å². The van der Waals surface area contributed by atoms with Crippen LogP contribution < -0.4 is 0 Å². The Morgan fingerprint density at radius 1 is 0.938 bits per heavy atom. The van der Waals surface area contributed by atoms with Crippen LogP contribution in [0.2, 0.25) is 0 Å². The molecule has 1 aromatic rings. The second kappa shape index (κ2) is 3.63. The molecule has 0 aliphatic carbocycles. The zero-order valence-corrected chi connectivity index (χ0v) is 10.1. The van der Waals surface area contributed by atoms with E-state index < -0.39 is 36.1 Å². The number of phenols is 2. The van der Waals surface area contributed by atoms with Crippen LogP contribution in [-0.2, 0) is 19.7 Å². The van der Waals surface area contributed by atoms with Crippen LogP contribution in [0.5, 0.6) is 11.5 Å². The van der Waals surface area contributed by atoms with Crippen LogP contribution in [0.25, 0.3) is 0 Å².